The van der Waals surface area contributed by atoms with E-state index >= 15 is 0 Å². The molecular formula is C26H31N3O4. The fourth-order valence-electron chi connectivity index (χ4n) is 6.03. The summed E-state index contributed by atoms with van der Waals surface area (Å²) >= 11 is 0. The zero-order chi connectivity index (χ0) is 23.0. The highest BCUT2D eigenvalue weighted by Crippen LogP contribution is 2.55. The van der Waals surface area contributed by atoms with Crippen LogP contribution in [0.15, 0.2) is 55.1 Å². The molecule has 1 saturated carbocycles. The standard InChI is InChI=1S/C26H31N3O4/c1-2-15-29-22(24(31)28-18-11-7-4-8-12-18)26-14-13-19(33-26)20(21(26)25(29)32)23(30)27-16-17-9-5-3-6-10-17/h2-3,5-6,9-10,13-14,18-22H,1,4,7-8,11-12,15-16H2,(H,27,30)(H,28,31)/t19-,20+,21-,22+,26+/m1/s1. The first-order chi connectivity index (χ1) is 16.0. The Kier molecular flexibility index (Phi) is 5.83. The van der Waals surface area contributed by atoms with Crippen molar-refractivity contribution in [1.29, 1.82) is 0 Å². The largest absolute Gasteiger partial charge is 0.359 e. The number of carbonyl (C=O) groups is 3. The Morgan fingerprint density at radius 3 is 2.64 bits per heavy atom. The lowest BCUT2D eigenvalue weighted by Gasteiger charge is -2.33. The Morgan fingerprint density at radius 2 is 1.91 bits per heavy atom. The third-order valence-corrected chi connectivity index (χ3v) is 7.51. The normalized spacial score (nSPS) is 32.6. The van der Waals surface area contributed by atoms with Gasteiger partial charge < -0.3 is 20.3 Å². The molecule has 0 radical (unpaired) electrons. The van der Waals surface area contributed by atoms with Gasteiger partial charge in [0.25, 0.3) is 0 Å². The number of hydrogen-bond acceptors (Lipinski definition) is 4. The number of hydrogen-bond donors (Lipinski definition) is 2. The quantitative estimate of drug-likeness (QED) is 0.624. The smallest absolute Gasteiger partial charge is 0.246 e. The summed E-state index contributed by atoms with van der Waals surface area (Å²) in [5.41, 5.74) is -0.130. The molecule has 4 aliphatic rings. The minimum atomic E-state index is -1.11. The number of likely N-dealkylation sites (tertiary alicyclic amines) is 1. The fraction of sp³-hybridized carbons (Fsp3) is 0.500. The third kappa shape index (κ3) is 3.68. The second-order valence-electron chi connectivity index (χ2n) is 9.53. The van der Waals surface area contributed by atoms with E-state index in [4.69, 9.17) is 4.74 Å². The molecule has 1 aromatic carbocycles. The number of ether oxygens (including phenoxy) is 1. The second-order valence-corrected chi connectivity index (χ2v) is 9.53. The highest BCUT2D eigenvalue weighted by Gasteiger charge is 2.72. The zero-order valence-electron chi connectivity index (χ0n) is 18.7. The lowest BCUT2D eigenvalue weighted by molar-refractivity contribution is -0.141. The molecule has 2 saturated heterocycles. The van der Waals surface area contributed by atoms with Crippen molar-refractivity contribution in [1.82, 2.24) is 15.5 Å². The molecule has 3 heterocycles. The molecule has 1 aromatic rings. The molecule has 33 heavy (non-hydrogen) atoms. The molecule has 1 aliphatic carbocycles. The van der Waals surface area contributed by atoms with Gasteiger partial charge in [-0.1, -0.05) is 67.8 Å². The number of nitrogens with one attached hydrogen (secondary N) is 2. The van der Waals surface area contributed by atoms with Crippen molar-refractivity contribution in [3.63, 3.8) is 0 Å². The van der Waals surface area contributed by atoms with Gasteiger partial charge in [-0.05, 0) is 18.4 Å². The van der Waals surface area contributed by atoms with Crippen LogP contribution in [0.3, 0.4) is 0 Å². The number of rotatable bonds is 7. The Balaban J connectivity index is 1.38. The molecule has 3 fully saturated rings. The number of fused-ring (bicyclic) bond motifs is 1. The molecule has 1 spiro atoms. The van der Waals surface area contributed by atoms with Gasteiger partial charge in [0, 0.05) is 19.1 Å². The fourth-order valence-corrected chi connectivity index (χ4v) is 6.03. The van der Waals surface area contributed by atoms with Gasteiger partial charge in [-0.25, -0.2) is 0 Å². The summed E-state index contributed by atoms with van der Waals surface area (Å²) in [4.78, 5) is 41.8. The van der Waals surface area contributed by atoms with E-state index in [-0.39, 0.29) is 30.3 Å². The van der Waals surface area contributed by atoms with Crippen LogP contribution < -0.4 is 10.6 Å². The van der Waals surface area contributed by atoms with Crippen LogP contribution in [0.1, 0.15) is 37.7 Å². The van der Waals surface area contributed by atoms with Crippen LogP contribution in [-0.4, -0.2) is 53.0 Å². The predicted octanol–water partition coefficient (Wildman–Crippen LogP) is 2.09. The average molecular weight is 450 g/mol. The maximum atomic E-state index is 13.6. The van der Waals surface area contributed by atoms with Crippen molar-refractivity contribution >= 4 is 17.7 Å². The van der Waals surface area contributed by atoms with E-state index in [0.29, 0.717) is 6.54 Å². The summed E-state index contributed by atoms with van der Waals surface area (Å²) in [5.74, 6) is -2.02. The average Bonchev–Trinajstić information content (AvgIpc) is 3.47. The summed E-state index contributed by atoms with van der Waals surface area (Å²) in [6.45, 7) is 4.39. The highest BCUT2D eigenvalue weighted by atomic mass is 16.5. The van der Waals surface area contributed by atoms with Gasteiger partial charge in [-0.2, -0.15) is 0 Å². The lowest BCUT2D eigenvalue weighted by Crippen LogP contribution is -2.56. The first-order valence-corrected chi connectivity index (χ1v) is 12.0. The van der Waals surface area contributed by atoms with E-state index in [0.717, 1.165) is 31.2 Å². The van der Waals surface area contributed by atoms with Crippen molar-refractivity contribution in [2.45, 2.75) is 62.4 Å². The number of nitrogens with zero attached hydrogens (tertiary/aromatic N) is 1. The summed E-state index contributed by atoms with van der Waals surface area (Å²) < 4.78 is 6.31. The van der Waals surface area contributed by atoms with Crippen molar-refractivity contribution in [3.05, 3.63) is 60.7 Å². The molecule has 7 nitrogen and oxygen atoms in total. The van der Waals surface area contributed by atoms with Crippen LogP contribution in [0, 0.1) is 11.8 Å². The van der Waals surface area contributed by atoms with E-state index in [1.807, 2.05) is 42.5 Å². The van der Waals surface area contributed by atoms with Crippen LogP contribution in [0.4, 0.5) is 0 Å². The van der Waals surface area contributed by atoms with Crippen LogP contribution in [0.25, 0.3) is 0 Å². The minimum Gasteiger partial charge on any atom is -0.359 e. The molecule has 0 unspecified atom stereocenters. The van der Waals surface area contributed by atoms with Crippen LogP contribution >= 0.6 is 0 Å². The van der Waals surface area contributed by atoms with E-state index in [2.05, 4.69) is 17.2 Å². The molecule has 2 bridgehead atoms. The Bertz CT molecular complexity index is 971. The lowest BCUT2D eigenvalue weighted by atomic mass is 9.74. The van der Waals surface area contributed by atoms with Crippen molar-refractivity contribution in [2.24, 2.45) is 11.8 Å². The van der Waals surface area contributed by atoms with E-state index in [1.54, 1.807) is 11.0 Å². The topological polar surface area (TPSA) is 87.7 Å². The SMILES string of the molecule is C=CCN1C(=O)[C@H]2[C@@H](C(=O)NCc3ccccc3)[C@H]3C=C[C@@]2(O3)[C@@H]1C(=O)NC1CCCCC1. The molecule has 3 amide bonds. The van der Waals surface area contributed by atoms with Gasteiger partial charge in [0.05, 0.1) is 17.9 Å². The Hall–Kier alpha value is -2.93. The van der Waals surface area contributed by atoms with Crippen LogP contribution in [0.2, 0.25) is 0 Å². The number of benzene rings is 1. The molecule has 7 heteroatoms. The van der Waals surface area contributed by atoms with Gasteiger partial charge in [0.1, 0.15) is 11.6 Å². The minimum absolute atomic E-state index is 0.120. The second kappa shape index (κ2) is 8.78. The molecule has 5 rings (SSSR count). The van der Waals surface area contributed by atoms with E-state index in [9.17, 15) is 14.4 Å². The molecule has 2 N–H and O–H groups in total. The summed E-state index contributed by atoms with van der Waals surface area (Å²) in [7, 11) is 0. The number of amides is 3. The number of carbonyl (C=O) groups excluding carboxylic acids is 3. The van der Waals surface area contributed by atoms with Gasteiger partial charge in [0.15, 0.2) is 0 Å². The molecule has 0 aromatic heterocycles. The van der Waals surface area contributed by atoms with Gasteiger partial charge in [-0.15, -0.1) is 6.58 Å². The molecule has 5 atom stereocenters. The maximum absolute atomic E-state index is 13.6. The third-order valence-electron chi connectivity index (χ3n) is 7.51. The zero-order valence-corrected chi connectivity index (χ0v) is 18.7. The first kappa shape index (κ1) is 21.9. The van der Waals surface area contributed by atoms with E-state index in [1.165, 1.54) is 6.42 Å². The summed E-state index contributed by atoms with van der Waals surface area (Å²) in [6, 6.07) is 8.96. The van der Waals surface area contributed by atoms with Gasteiger partial charge in [0.2, 0.25) is 17.7 Å². The Labute approximate surface area is 194 Å². The van der Waals surface area contributed by atoms with Gasteiger partial charge >= 0.3 is 0 Å². The molecule has 3 aliphatic heterocycles. The maximum Gasteiger partial charge on any atom is 0.246 e. The van der Waals surface area contributed by atoms with Crippen molar-refractivity contribution in [3.8, 4) is 0 Å². The van der Waals surface area contributed by atoms with Crippen LogP contribution in [0.5, 0.6) is 0 Å². The van der Waals surface area contributed by atoms with E-state index < -0.39 is 29.6 Å². The molecule has 174 valence electrons. The van der Waals surface area contributed by atoms with Gasteiger partial charge in [-0.3, -0.25) is 14.4 Å². The predicted molar refractivity (Wildman–Crippen MR) is 123 cm³/mol. The summed E-state index contributed by atoms with van der Waals surface area (Å²) in [5, 5.41) is 6.14. The van der Waals surface area contributed by atoms with Crippen molar-refractivity contribution < 1.29 is 19.1 Å². The van der Waals surface area contributed by atoms with Crippen molar-refractivity contribution in [2.75, 3.05) is 6.54 Å². The summed E-state index contributed by atoms with van der Waals surface area (Å²) in [6.07, 6.45) is 10.1. The molecular weight excluding hydrogens is 418 g/mol. The monoisotopic (exact) mass is 449 g/mol. The Morgan fingerprint density at radius 1 is 1.15 bits per heavy atom. The van der Waals surface area contributed by atoms with Crippen LogP contribution in [-0.2, 0) is 25.7 Å². The first-order valence-electron chi connectivity index (χ1n) is 12.0. The highest BCUT2D eigenvalue weighted by molar-refractivity contribution is 6.00.